The molecule has 1 saturated heterocycles. The fraction of sp³-hybridized carbons (Fsp3) is 0.571. The van der Waals surface area contributed by atoms with Gasteiger partial charge in [0.1, 0.15) is 0 Å². The average Bonchev–Trinajstić information content (AvgIpc) is 2.88. The molecule has 86 valence electrons. The Morgan fingerprint density at radius 3 is 2.69 bits per heavy atom. The molecule has 2 nitrogen and oxygen atoms in total. The van der Waals surface area contributed by atoms with Crippen molar-refractivity contribution in [2.45, 2.75) is 31.4 Å². The molecular weight excluding hydrogens is 198 g/mol. The van der Waals surface area contributed by atoms with Gasteiger partial charge in [-0.15, -0.1) is 0 Å². The van der Waals surface area contributed by atoms with Crippen LogP contribution in [-0.4, -0.2) is 28.7 Å². The summed E-state index contributed by atoms with van der Waals surface area (Å²) in [6.07, 6.45) is 3.22. The highest BCUT2D eigenvalue weighted by Crippen LogP contribution is 2.45. The third kappa shape index (κ3) is 2.00. The number of rotatable bonds is 3. The van der Waals surface area contributed by atoms with Gasteiger partial charge >= 0.3 is 0 Å². The van der Waals surface area contributed by atoms with Gasteiger partial charge in [0.15, 0.2) is 0 Å². The quantitative estimate of drug-likeness (QED) is 0.837. The van der Waals surface area contributed by atoms with Crippen molar-refractivity contribution in [3.05, 3.63) is 35.9 Å². The maximum Gasteiger partial charge on any atom is 0.0690 e. The van der Waals surface area contributed by atoms with Crippen LogP contribution >= 0.6 is 0 Å². The lowest BCUT2D eigenvalue weighted by atomic mass is 10.00. The van der Waals surface area contributed by atoms with Crippen LogP contribution in [0, 0.1) is 5.92 Å². The van der Waals surface area contributed by atoms with Gasteiger partial charge in [0.2, 0.25) is 0 Å². The van der Waals surface area contributed by atoms with Gasteiger partial charge in [-0.3, -0.25) is 4.90 Å². The Labute approximate surface area is 96.9 Å². The Morgan fingerprint density at radius 1 is 1.25 bits per heavy atom. The Bertz CT molecular complexity index is 358. The summed E-state index contributed by atoms with van der Waals surface area (Å²) in [7, 11) is 0. The third-order valence-corrected chi connectivity index (χ3v) is 4.04. The minimum absolute atomic E-state index is 0.286. The van der Waals surface area contributed by atoms with Gasteiger partial charge in [-0.1, -0.05) is 30.3 Å². The molecule has 1 atom stereocenters. The Morgan fingerprint density at radius 2 is 2.00 bits per heavy atom. The average molecular weight is 217 g/mol. The first kappa shape index (κ1) is 10.3. The lowest BCUT2D eigenvalue weighted by Crippen LogP contribution is -2.26. The summed E-state index contributed by atoms with van der Waals surface area (Å²) in [5.74, 6) is 0.524. The Balaban J connectivity index is 1.58. The molecule has 1 aromatic carbocycles. The molecule has 2 fully saturated rings. The van der Waals surface area contributed by atoms with Crippen LogP contribution in [0.25, 0.3) is 0 Å². The van der Waals surface area contributed by atoms with Crippen LogP contribution in [0.4, 0.5) is 0 Å². The zero-order valence-corrected chi connectivity index (χ0v) is 9.60. The van der Waals surface area contributed by atoms with E-state index in [0.29, 0.717) is 5.92 Å². The highest BCUT2D eigenvalue weighted by molar-refractivity contribution is 5.15. The smallest absolute Gasteiger partial charge is 0.0690 e. The van der Waals surface area contributed by atoms with Crippen molar-refractivity contribution >= 4 is 0 Å². The summed E-state index contributed by atoms with van der Waals surface area (Å²) >= 11 is 0. The maximum atomic E-state index is 10.1. The van der Waals surface area contributed by atoms with Crippen LogP contribution in [0.5, 0.6) is 0 Å². The molecule has 2 aliphatic rings. The van der Waals surface area contributed by atoms with E-state index in [-0.39, 0.29) is 5.60 Å². The molecule has 16 heavy (non-hydrogen) atoms. The Hall–Kier alpha value is -0.860. The van der Waals surface area contributed by atoms with Crippen LogP contribution in [-0.2, 0) is 6.54 Å². The van der Waals surface area contributed by atoms with E-state index < -0.39 is 0 Å². The molecule has 2 heteroatoms. The highest BCUT2D eigenvalue weighted by atomic mass is 16.3. The molecule has 0 radical (unpaired) electrons. The summed E-state index contributed by atoms with van der Waals surface area (Å²) in [4.78, 5) is 2.47. The van der Waals surface area contributed by atoms with Crippen molar-refractivity contribution in [3.8, 4) is 0 Å². The van der Waals surface area contributed by atoms with E-state index in [1.54, 1.807) is 0 Å². The second-order valence-electron chi connectivity index (χ2n) is 5.31. The number of hydrogen-bond donors (Lipinski definition) is 1. The van der Waals surface area contributed by atoms with Crippen LogP contribution in [0.15, 0.2) is 30.3 Å². The topological polar surface area (TPSA) is 23.5 Å². The van der Waals surface area contributed by atoms with Gasteiger partial charge < -0.3 is 5.11 Å². The summed E-state index contributed by atoms with van der Waals surface area (Å²) < 4.78 is 0. The highest BCUT2D eigenvalue weighted by Gasteiger charge is 2.49. The number of hydrogen-bond acceptors (Lipinski definition) is 2. The molecule has 1 aromatic rings. The first-order valence-corrected chi connectivity index (χ1v) is 6.25. The lowest BCUT2D eigenvalue weighted by Gasteiger charge is -2.18. The minimum atomic E-state index is -0.286. The van der Waals surface area contributed by atoms with Crippen molar-refractivity contribution in [1.82, 2.24) is 4.90 Å². The van der Waals surface area contributed by atoms with Crippen LogP contribution in [0.1, 0.15) is 24.8 Å². The fourth-order valence-corrected chi connectivity index (χ4v) is 2.79. The summed E-state index contributed by atoms with van der Waals surface area (Å²) in [6.45, 7) is 3.25. The van der Waals surface area contributed by atoms with E-state index >= 15 is 0 Å². The predicted molar refractivity (Wildman–Crippen MR) is 64.0 cm³/mol. The molecule has 0 amide bonds. The fourth-order valence-electron chi connectivity index (χ4n) is 2.79. The SMILES string of the molecule is OC1(C2CCN(Cc3ccccc3)C2)CC1. The van der Waals surface area contributed by atoms with E-state index in [1.165, 1.54) is 12.0 Å². The third-order valence-electron chi connectivity index (χ3n) is 4.04. The van der Waals surface area contributed by atoms with E-state index in [2.05, 4.69) is 35.2 Å². The molecule has 3 rings (SSSR count). The molecule has 1 aliphatic heterocycles. The second kappa shape index (κ2) is 3.86. The lowest BCUT2D eigenvalue weighted by molar-refractivity contribution is 0.0846. The first-order valence-electron chi connectivity index (χ1n) is 6.25. The van der Waals surface area contributed by atoms with Crippen LogP contribution < -0.4 is 0 Å². The zero-order valence-electron chi connectivity index (χ0n) is 9.60. The molecule has 1 heterocycles. The molecule has 0 spiro atoms. The van der Waals surface area contributed by atoms with Gasteiger partial charge in [0.05, 0.1) is 5.60 Å². The molecule has 1 saturated carbocycles. The van der Waals surface area contributed by atoms with Crippen molar-refractivity contribution in [2.75, 3.05) is 13.1 Å². The molecule has 1 unspecified atom stereocenters. The second-order valence-corrected chi connectivity index (χ2v) is 5.31. The van der Waals surface area contributed by atoms with Crippen LogP contribution in [0.2, 0.25) is 0 Å². The first-order chi connectivity index (χ1) is 7.76. The Kier molecular flexibility index (Phi) is 2.49. The molecular formula is C14H19NO. The van der Waals surface area contributed by atoms with Crippen molar-refractivity contribution in [1.29, 1.82) is 0 Å². The number of likely N-dealkylation sites (tertiary alicyclic amines) is 1. The number of aliphatic hydroxyl groups is 1. The predicted octanol–water partition coefficient (Wildman–Crippen LogP) is 2.03. The minimum Gasteiger partial charge on any atom is -0.390 e. The summed E-state index contributed by atoms with van der Waals surface area (Å²) in [5.41, 5.74) is 1.09. The van der Waals surface area contributed by atoms with Crippen molar-refractivity contribution in [2.24, 2.45) is 5.92 Å². The summed E-state index contributed by atoms with van der Waals surface area (Å²) in [5, 5.41) is 10.1. The van der Waals surface area contributed by atoms with Crippen molar-refractivity contribution in [3.63, 3.8) is 0 Å². The van der Waals surface area contributed by atoms with Crippen molar-refractivity contribution < 1.29 is 5.11 Å². The van der Waals surface area contributed by atoms with E-state index in [1.807, 2.05) is 0 Å². The van der Waals surface area contributed by atoms with Gasteiger partial charge in [-0.25, -0.2) is 0 Å². The normalized spacial score (nSPS) is 28.2. The molecule has 0 bridgehead atoms. The zero-order chi connectivity index (χ0) is 11.0. The molecule has 1 N–H and O–H groups in total. The van der Waals surface area contributed by atoms with Crippen LogP contribution in [0.3, 0.4) is 0 Å². The number of benzene rings is 1. The van der Waals surface area contributed by atoms with E-state index in [4.69, 9.17) is 0 Å². The largest absolute Gasteiger partial charge is 0.390 e. The van der Waals surface area contributed by atoms with E-state index in [9.17, 15) is 5.11 Å². The standard InChI is InChI=1S/C14H19NO/c16-14(7-8-14)13-6-9-15(11-13)10-12-4-2-1-3-5-12/h1-5,13,16H,6-11H2. The van der Waals surface area contributed by atoms with Gasteiger partial charge in [-0.05, 0) is 31.4 Å². The van der Waals surface area contributed by atoms with Gasteiger partial charge in [-0.2, -0.15) is 0 Å². The number of nitrogens with zero attached hydrogens (tertiary/aromatic N) is 1. The van der Waals surface area contributed by atoms with Gasteiger partial charge in [0, 0.05) is 19.0 Å². The monoisotopic (exact) mass is 217 g/mol. The van der Waals surface area contributed by atoms with Gasteiger partial charge in [0.25, 0.3) is 0 Å². The summed E-state index contributed by atoms with van der Waals surface area (Å²) in [6, 6.07) is 10.6. The molecule has 0 aromatic heterocycles. The maximum absolute atomic E-state index is 10.1. The molecule has 1 aliphatic carbocycles. The van der Waals surface area contributed by atoms with E-state index in [0.717, 1.165) is 32.5 Å².